The maximum Gasteiger partial charge on any atom is 0.224 e. The second-order valence-corrected chi connectivity index (χ2v) is 6.39. The van der Waals surface area contributed by atoms with E-state index in [9.17, 15) is 9.59 Å². The fourth-order valence-corrected chi connectivity index (χ4v) is 3.13. The minimum Gasteiger partial charge on any atom is -0.349 e. The maximum absolute atomic E-state index is 12.5. The molecule has 0 heterocycles. The van der Waals surface area contributed by atoms with Crippen LogP contribution in [0.25, 0.3) is 0 Å². The molecular weight excluding hydrogens is 300 g/mol. The van der Waals surface area contributed by atoms with E-state index in [4.69, 9.17) is 11.6 Å². The van der Waals surface area contributed by atoms with Gasteiger partial charge < -0.3 is 10.2 Å². The van der Waals surface area contributed by atoms with Gasteiger partial charge in [0.1, 0.15) is 0 Å². The molecular formula is C17H23ClN2O2. The molecule has 0 aliphatic heterocycles. The standard InChI is InChI=1S/C17H23ClN2O2/c1-12(21)19-16(13-7-9-14(18)10-8-13)11-17(22)20(2)15-5-3-4-6-15/h7-10,15-16H,3-6,11H2,1-2H3,(H,19,21)/t16-/m1/s1. The lowest BCUT2D eigenvalue weighted by Crippen LogP contribution is -2.38. The van der Waals surface area contributed by atoms with Crippen molar-refractivity contribution in [3.63, 3.8) is 0 Å². The SMILES string of the molecule is CC(=O)N[C@H](CC(=O)N(C)C1CCCC1)c1ccc(Cl)cc1. The molecule has 1 aromatic carbocycles. The number of halogens is 1. The average Bonchev–Trinajstić information content (AvgIpc) is 3.00. The van der Waals surface area contributed by atoms with Gasteiger partial charge in [-0.3, -0.25) is 9.59 Å². The topological polar surface area (TPSA) is 49.4 Å². The zero-order valence-electron chi connectivity index (χ0n) is 13.1. The summed E-state index contributed by atoms with van der Waals surface area (Å²) < 4.78 is 0. The van der Waals surface area contributed by atoms with Crippen LogP contribution in [-0.4, -0.2) is 29.8 Å². The third kappa shape index (κ3) is 4.47. The maximum atomic E-state index is 12.5. The second kappa shape index (κ2) is 7.63. The number of carbonyl (C=O) groups is 2. The van der Waals surface area contributed by atoms with Crippen LogP contribution < -0.4 is 5.32 Å². The molecule has 1 aromatic rings. The Morgan fingerprint density at radius 2 is 1.86 bits per heavy atom. The lowest BCUT2D eigenvalue weighted by atomic mass is 10.0. The number of hydrogen-bond donors (Lipinski definition) is 1. The van der Waals surface area contributed by atoms with Gasteiger partial charge in [-0.05, 0) is 30.5 Å². The lowest BCUT2D eigenvalue weighted by Gasteiger charge is -2.27. The van der Waals surface area contributed by atoms with Gasteiger partial charge in [0.05, 0.1) is 12.5 Å². The number of amides is 2. The summed E-state index contributed by atoms with van der Waals surface area (Å²) in [5.41, 5.74) is 0.896. The van der Waals surface area contributed by atoms with Crippen molar-refractivity contribution in [1.29, 1.82) is 0 Å². The molecule has 0 spiro atoms. The summed E-state index contributed by atoms with van der Waals surface area (Å²) in [6, 6.07) is 7.28. The van der Waals surface area contributed by atoms with Crippen molar-refractivity contribution in [2.45, 2.75) is 51.1 Å². The predicted octanol–water partition coefficient (Wildman–Crippen LogP) is 3.31. The summed E-state index contributed by atoms with van der Waals surface area (Å²) in [5, 5.41) is 3.50. The minimum absolute atomic E-state index is 0.0700. The Morgan fingerprint density at radius 3 is 2.41 bits per heavy atom. The van der Waals surface area contributed by atoms with E-state index in [0.29, 0.717) is 11.1 Å². The van der Waals surface area contributed by atoms with Crippen LogP contribution in [0.3, 0.4) is 0 Å². The smallest absolute Gasteiger partial charge is 0.224 e. The van der Waals surface area contributed by atoms with E-state index in [2.05, 4.69) is 5.32 Å². The molecule has 0 radical (unpaired) electrons. The van der Waals surface area contributed by atoms with Gasteiger partial charge in [0.2, 0.25) is 11.8 Å². The molecule has 1 fully saturated rings. The van der Waals surface area contributed by atoms with Gasteiger partial charge in [0.15, 0.2) is 0 Å². The van der Waals surface area contributed by atoms with Crippen LogP contribution in [-0.2, 0) is 9.59 Å². The van der Waals surface area contributed by atoms with Crippen molar-refractivity contribution in [2.24, 2.45) is 0 Å². The Labute approximate surface area is 136 Å². The zero-order valence-corrected chi connectivity index (χ0v) is 13.9. The molecule has 0 aromatic heterocycles. The first kappa shape index (κ1) is 16.8. The van der Waals surface area contributed by atoms with Gasteiger partial charge in [0.25, 0.3) is 0 Å². The summed E-state index contributed by atoms with van der Waals surface area (Å²) >= 11 is 5.90. The number of benzene rings is 1. The van der Waals surface area contributed by atoms with Crippen molar-refractivity contribution in [1.82, 2.24) is 10.2 Å². The molecule has 0 bridgehead atoms. The Hall–Kier alpha value is -1.55. The molecule has 0 saturated heterocycles. The lowest BCUT2D eigenvalue weighted by molar-refractivity contribution is -0.132. The summed E-state index contributed by atoms with van der Waals surface area (Å²) in [7, 11) is 1.87. The van der Waals surface area contributed by atoms with Crippen molar-refractivity contribution >= 4 is 23.4 Å². The first-order valence-electron chi connectivity index (χ1n) is 7.75. The molecule has 120 valence electrons. The molecule has 1 aliphatic rings. The highest BCUT2D eigenvalue weighted by Crippen LogP contribution is 2.25. The van der Waals surface area contributed by atoms with Crippen molar-refractivity contribution in [3.05, 3.63) is 34.9 Å². The fraction of sp³-hybridized carbons (Fsp3) is 0.529. The van der Waals surface area contributed by atoms with Gasteiger partial charge in [-0.1, -0.05) is 36.6 Å². The molecule has 2 amide bonds. The van der Waals surface area contributed by atoms with Crippen molar-refractivity contribution < 1.29 is 9.59 Å². The van der Waals surface area contributed by atoms with Crippen LogP contribution in [0, 0.1) is 0 Å². The Bertz CT molecular complexity index is 524. The minimum atomic E-state index is -0.314. The van der Waals surface area contributed by atoms with Crippen LogP contribution >= 0.6 is 11.6 Å². The second-order valence-electron chi connectivity index (χ2n) is 5.95. The van der Waals surface area contributed by atoms with E-state index < -0.39 is 0 Å². The molecule has 5 heteroatoms. The van der Waals surface area contributed by atoms with Gasteiger partial charge in [-0.25, -0.2) is 0 Å². The molecule has 1 aliphatic carbocycles. The number of carbonyl (C=O) groups excluding carboxylic acids is 2. The van der Waals surface area contributed by atoms with E-state index in [-0.39, 0.29) is 24.3 Å². The van der Waals surface area contributed by atoms with Crippen molar-refractivity contribution in [3.8, 4) is 0 Å². The summed E-state index contributed by atoms with van der Waals surface area (Å²) in [6.45, 7) is 1.47. The number of hydrogen-bond acceptors (Lipinski definition) is 2. The van der Waals surface area contributed by atoms with E-state index in [1.807, 2.05) is 24.1 Å². The highest BCUT2D eigenvalue weighted by atomic mass is 35.5. The normalized spacial score (nSPS) is 16.3. The van der Waals surface area contributed by atoms with Gasteiger partial charge >= 0.3 is 0 Å². The Kier molecular flexibility index (Phi) is 5.83. The molecule has 1 atom stereocenters. The highest BCUT2D eigenvalue weighted by Gasteiger charge is 2.26. The van der Waals surface area contributed by atoms with Gasteiger partial charge in [-0.15, -0.1) is 0 Å². The molecule has 22 heavy (non-hydrogen) atoms. The highest BCUT2D eigenvalue weighted by molar-refractivity contribution is 6.30. The van der Waals surface area contributed by atoms with E-state index in [1.165, 1.54) is 19.8 Å². The number of rotatable bonds is 5. The molecule has 1 saturated carbocycles. The first-order valence-corrected chi connectivity index (χ1v) is 8.13. The summed E-state index contributed by atoms with van der Waals surface area (Å²) in [4.78, 5) is 25.8. The van der Waals surface area contributed by atoms with Crippen LogP contribution in [0.5, 0.6) is 0 Å². The number of nitrogens with zero attached hydrogens (tertiary/aromatic N) is 1. The van der Waals surface area contributed by atoms with Crippen LogP contribution in [0.2, 0.25) is 5.02 Å². The van der Waals surface area contributed by atoms with Gasteiger partial charge in [0, 0.05) is 25.0 Å². The monoisotopic (exact) mass is 322 g/mol. The Morgan fingerprint density at radius 1 is 1.27 bits per heavy atom. The van der Waals surface area contributed by atoms with Gasteiger partial charge in [-0.2, -0.15) is 0 Å². The van der Waals surface area contributed by atoms with Crippen LogP contribution in [0.4, 0.5) is 0 Å². The molecule has 2 rings (SSSR count). The van der Waals surface area contributed by atoms with Crippen molar-refractivity contribution in [2.75, 3.05) is 7.05 Å². The molecule has 0 unspecified atom stereocenters. The number of nitrogens with one attached hydrogen (secondary N) is 1. The molecule has 4 nitrogen and oxygen atoms in total. The van der Waals surface area contributed by atoms with Crippen LogP contribution in [0.1, 0.15) is 50.6 Å². The largest absolute Gasteiger partial charge is 0.349 e. The predicted molar refractivity (Wildman–Crippen MR) is 87.7 cm³/mol. The van der Waals surface area contributed by atoms with E-state index in [1.54, 1.807) is 12.1 Å². The van der Waals surface area contributed by atoms with E-state index >= 15 is 0 Å². The summed E-state index contributed by atoms with van der Waals surface area (Å²) in [5.74, 6) is -0.0723. The Balaban J connectivity index is 2.06. The molecule has 1 N–H and O–H groups in total. The third-order valence-corrected chi connectivity index (χ3v) is 4.55. The van der Waals surface area contributed by atoms with Crippen LogP contribution in [0.15, 0.2) is 24.3 Å². The van der Waals surface area contributed by atoms with E-state index in [0.717, 1.165) is 18.4 Å². The third-order valence-electron chi connectivity index (χ3n) is 4.29. The first-order chi connectivity index (χ1) is 10.5. The quantitative estimate of drug-likeness (QED) is 0.904. The summed E-state index contributed by atoms with van der Waals surface area (Å²) in [6.07, 6.45) is 4.80. The zero-order chi connectivity index (χ0) is 16.1. The average molecular weight is 323 g/mol. The fourth-order valence-electron chi connectivity index (χ4n) is 3.01.